The molecule has 10 heteroatoms. The number of aryl methyl sites for hydroxylation is 1. The normalized spacial score (nSPS) is 12.2. The molecule has 0 aliphatic heterocycles. The van der Waals surface area contributed by atoms with Crippen LogP contribution in [0.2, 0.25) is 5.02 Å². The van der Waals surface area contributed by atoms with Crippen molar-refractivity contribution in [1.82, 2.24) is 14.9 Å². The summed E-state index contributed by atoms with van der Waals surface area (Å²) in [6.45, 7) is 6.91. The number of amides is 1. The summed E-state index contributed by atoms with van der Waals surface area (Å²) in [4.78, 5) is 12.1. The third-order valence-electron chi connectivity index (χ3n) is 2.67. The number of hydrogen-bond donors (Lipinski definition) is 2. The number of anilines is 1. The maximum absolute atomic E-state index is 12.5. The standard InChI is InChI=1S/C14H17ClN4O3S2/c1-8-17-18-13(23-8)16-12(20)9-5-6-10(15)11(7-9)24(21,22)19-14(2,3)4/h5-7,19H,1-4H3,(H,16,18,20). The van der Waals surface area contributed by atoms with Crippen LogP contribution in [0.4, 0.5) is 5.13 Å². The van der Waals surface area contributed by atoms with E-state index >= 15 is 0 Å². The summed E-state index contributed by atoms with van der Waals surface area (Å²) >= 11 is 7.23. The van der Waals surface area contributed by atoms with Crippen LogP contribution in [0.1, 0.15) is 36.1 Å². The van der Waals surface area contributed by atoms with Crippen molar-refractivity contribution < 1.29 is 13.2 Å². The van der Waals surface area contributed by atoms with Crippen LogP contribution in [-0.2, 0) is 10.0 Å². The summed E-state index contributed by atoms with van der Waals surface area (Å²) in [7, 11) is -3.86. The van der Waals surface area contributed by atoms with E-state index in [9.17, 15) is 13.2 Å². The number of sulfonamides is 1. The maximum atomic E-state index is 12.5. The van der Waals surface area contributed by atoms with Gasteiger partial charge in [-0.05, 0) is 45.9 Å². The molecular formula is C14H17ClN4O3S2. The first kappa shape index (κ1) is 18.8. The lowest BCUT2D eigenvalue weighted by Crippen LogP contribution is -2.40. The monoisotopic (exact) mass is 388 g/mol. The van der Waals surface area contributed by atoms with Crippen LogP contribution < -0.4 is 10.0 Å². The van der Waals surface area contributed by atoms with Gasteiger partial charge in [-0.15, -0.1) is 10.2 Å². The molecule has 2 rings (SSSR count). The van der Waals surface area contributed by atoms with Crippen molar-refractivity contribution in [2.24, 2.45) is 0 Å². The summed E-state index contributed by atoms with van der Waals surface area (Å²) in [5, 5.41) is 11.3. The molecule has 0 aliphatic rings. The molecule has 1 aromatic carbocycles. The van der Waals surface area contributed by atoms with Crippen LogP contribution in [0.25, 0.3) is 0 Å². The van der Waals surface area contributed by atoms with Gasteiger partial charge in [-0.1, -0.05) is 22.9 Å². The minimum atomic E-state index is -3.86. The number of carbonyl (C=O) groups is 1. The molecule has 24 heavy (non-hydrogen) atoms. The Kier molecular flexibility index (Phi) is 5.28. The van der Waals surface area contributed by atoms with Crippen molar-refractivity contribution in [3.63, 3.8) is 0 Å². The average molecular weight is 389 g/mol. The van der Waals surface area contributed by atoms with Gasteiger partial charge in [0, 0.05) is 11.1 Å². The lowest BCUT2D eigenvalue weighted by molar-refractivity contribution is 0.102. The van der Waals surface area contributed by atoms with Crippen LogP contribution in [0.5, 0.6) is 0 Å². The first-order chi connectivity index (χ1) is 11.0. The minimum Gasteiger partial charge on any atom is -0.296 e. The SMILES string of the molecule is Cc1nnc(NC(=O)c2ccc(Cl)c(S(=O)(=O)NC(C)(C)C)c2)s1. The fraction of sp³-hybridized carbons (Fsp3) is 0.357. The van der Waals surface area contributed by atoms with E-state index in [1.165, 1.54) is 29.5 Å². The Hall–Kier alpha value is -1.55. The molecule has 1 amide bonds. The summed E-state index contributed by atoms with van der Waals surface area (Å²) in [6.07, 6.45) is 0. The lowest BCUT2D eigenvalue weighted by Gasteiger charge is -2.21. The van der Waals surface area contributed by atoms with E-state index in [4.69, 9.17) is 11.6 Å². The Morgan fingerprint density at radius 1 is 1.25 bits per heavy atom. The van der Waals surface area contributed by atoms with Gasteiger partial charge in [0.25, 0.3) is 5.91 Å². The second-order valence-electron chi connectivity index (χ2n) is 6.08. The number of halogens is 1. The third kappa shape index (κ3) is 4.73. The number of carbonyl (C=O) groups excluding carboxylic acids is 1. The highest BCUT2D eigenvalue weighted by Gasteiger charge is 2.25. The van der Waals surface area contributed by atoms with E-state index in [0.29, 0.717) is 10.1 Å². The molecule has 0 radical (unpaired) electrons. The van der Waals surface area contributed by atoms with Crippen molar-refractivity contribution in [3.8, 4) is 0 Å². The predicted molar refractivity (Wildman–Crippen MR) is 94.1 cm³/mol. The molecule has 2 N–H and O–H groups in total. The minimum absolute atomic E-state index is 0.0371. The Bertz CT molecular complexity index is 872. The summed E-state index contributed by atoms with van der Waals surface area (Å²) < 4.78 is 27.4. The van der Waals surface area contributed by atoms with Crippen molar-refractivity contribution in [1.29, 1.82) is 0 Å². The molecule has 0 saturated carbocycles. The van der Waals surface area contributed by atoms with E-state index in [1.807, 2.05) is 0 Å². The number of nitrogens with zero attached hydrogens (tertiary/aromatic N) is 2. The van der Waals surface area contributed by atoms with Gasteiger partial charge >= 0.3 is 0 Å². The molecule has 0 saturated heterocycles. The molecule has 130 valence electrons. The molecule has 0 fully saturated rings. The second kappa shape index (κ2) is 6.75. The average Bonchev–Trinajstić information content (AvgIpc) is 2.81. The Labute approximate surface area is 149 Å². The molecule has 7 nitrogen and oxygen atoms in total. The van der Waals surface area contributed by atoms with Crippen LogP contribution in [0.15, 0.2) is 23.1 Å². The molecule has 2 aromatic rings. The first-order valence-corrected chi connectivity index (χ1v) is 9.61. The lowest BCUT2D eigenvalue weighted by atomic mass is 10.1. The van der Waals surface area contributed by atoms with Crippen LogP contribution in [-0.4, -0.2) is 30.1 Å². The number of nitrogens with one attached hydrogen (secondary N) is 2. The van der Waals surface area contributed by atoms with Crippen molar-refractivity contribution in [3.05, 3.63) is 33.8 Å². The maximum Gasteiger partial charge on any atom is 0.257 e. The van der Waals surface area contributed by atoms with E-state index in [0.717, 1.165) is 0 Å². The van der Waals surface area contributed by atoms with E-state index in [2.05, 4.69) is 20.2 Å². The Morgan fingerprint density at radius 3 is 2.46 bits per heavy atom. The molecular weight excluding hydrogens is 372 g/mol. The van der Waals surface area contributed by atoms with Gasteiger partial charge in [0.2, 0.25) is 15.2 Å². The summed E-state index contributed by atoms with van der Waals surface area (Å²) in [5.74, 6) is -0.491. The van der Waals surface area contributed by atoms with Gasteiger partial charge in [-0.25, -0.2) is 13.1 Å². The Balaban J connectivity index is 2.33. The van der Waals surface area contributed by atoms with Crippen molar-refractivity contribution in [2.45, 2.75) is 38.1 Å². The number of benzene rings is 1. The van der Waals surface area contributed by atoms with Gasteiger partial charge in [0.1, 0.15) is 9.90 Å². The van der Waals surface area contributed by atoms with Gasteiger partial charge < -0.3 is 0 Å². The van der Waals surface area contributed by atoms with Gasteiger partial charge in [-0.3, -0.25) is 10.1 Å². The fourth-order valence-corrected chi connectivity index (χ4v) is 4.36. The largest absolute Gasteiger partial charge is 0.296 e. The van der Waals surface area contributed by atoms with Gasteiger partial charge in [0.05, 0.1) is 5.02 Å². The number of rotatable bonds is 4. The van der Waals surface area contributed by atoms with Crippen LogP contribution in [0.3, 0.4) is 0 Å². The highest BCUT2D eigenvalue weighted by Crippen LogP contribution is 2.24. The summed E-state index contributed by atoms with van der Waals surface area (Å²) in [6, 6.07) is 4.06. The molecule has 0 unspecified atom stereocenters. The van der Waals surface area contributed by atoms with E-state index < -0.39 is 21.5 Å². The number of hydrogen-bond acceptors (Lipinski definition) is 6. The molecule has 0 atom stereocenters. The number of aromatic nitrogens is 2. The zero-order chi connectivity index (χ0) is 18.1. The van der Waals surface area contributed by atoms with E-state index in [1.54, 1.807) is 27.7 Å². The quantitative estimate of drug-likeness (QED) is 0.838. The smallest absolute Gasteiger partial charge is 0.257 e. The highest BCUT2D eigenvalue weighted by molar-refractivity contribution is 7.89. The zero-order valence-electron chi connectivity index (χ0n) is 13.5. The predicted octanol–water partition coefficient (Wildman–Crippen LogP) is 2.83. The van der Waals surface area contributed by atoms with Crippen LogP contribution in [0, 0.1) is 6.92 Å². The fourth-order valence-electron chi connectivity index (χ4n) is 1.82. The molecule has 0 bridgehead atoms. The van der Waals surface area contributed by atoms with Gasteiger partial charge in [0.15, 0.2) is 0 Å². The highest BCUT2D eigenvalue weighted by atomic mass is 35.5. The molecule has 0 aliphatic carbocycles. The van der Waals surface area contributed by atoms with Crippen molar-refractivity contribution >= 4 is 44.0 Å². The molecule has 0 spiro atoms. The van der Waals surface area contributed by atoms with Crippen molar-refractivity contribution in [2.75, 3.05) is 5.32 Å². The summed E-state index contributed by atoms with van der Waals surface area (Å²) in [5.41, 5.74) is -0.522. The second-order valence-corrected chi connectivity index (χ2v) is 9.32. The Morgan fingerprint density at radius 2 is 1.92 bits per heavy atom. The molecule has 1 heterocycles. The van der Waals surface area contributed by atoms with E-state index in [-0.39, 0.29) is 15.5 Å². The van der Waals surface area contributed by atoms with Gasteiger partial charge in [-0.2, -0.15) is 0 Å². The first-order valence-electron chi connectivity index (χ1n) is 6.93. The zero-order valence-corrected chi connectivity index (χ0v) is 15.9. The topological polar surface area (TPSA) is 101 Å². The third-order valence-corrected chi connectivity index (χ3v) is 5.66. The van der Waals surface area contributed by atoms with Crippen LogP contribution >= 0.6 is 22.9 Å². The molecule has 1 aromatic heterocycles.